The summed E-state index contributed by atoms with van der Waals surface area (Å²) in [6.07, 6.45) is 1.12. The summed E-state index contributed by atoms with van der Waals surface area (Å²) in [5.74, 6) is -1.78. The normalized spacial score (nSPS) is 18.0. The van der Waals surface area contributed by atoms with E-state index in [9.17, 15) is 18.0 Å². The number of piperidine rings is 1. The number of amides is 1. The van der Waals surface area contributed by atoms with Gasteiger partial charge in [-0.3, -0.25) is 9.59 Å². The Morgan fingerprint density at radius 3 is 2.62 bits per heavy atom. The van der Waals surface area contributed by atoms with Gasteiger partial charge in [0.25, 0.3) is 5.91 Å². The van der Waals surface area contributed by atoms with Crippen molar-refractivity contribution in [2.45, 2.75) is 37.6 Å². The van der Waals surface area contributed by atoms with Crippen molar-refractivity contribution < 1.29 is 27.9 Å². The van der Waals surface area contributed by atoms with Gasteiger partial charge in [-0.15, -0.1) is 0 Å². The summed E-state index contributed by atoms with van der Waals surface area (Å²) in [4.78, 5) is 25.3. The molecule has 1 aromatic carbocycles. The molecule has 0 aliphatic carbocycles. The second-order valence-electron chi connectivity index (χ2n) is 6.57. The zero-order chi connectivity index (χ0) is 19.5. The summed E-state index contributed by atoms with van der Waals surface area (Å²) >= 11 is 0. The molecule has 2 rings (SSSR count). The van der Waals surface area contributed by atoms with Crippen LogP contribution in [0.3, 0.4) is 0 Å². The predicted octanol–water partition coefficient (Wildman–Crippen LogP) is 1.32. The predicted molar refractivity (Wildman–Crippen MR) is 94.7 cm³/mol. The van der Waals surface area contributed by atoms with Gasteiger partial charge in [-0.05, 0) is 44.9 Å². The molecule has 1 fully saturated rings. The second-order valence-corrected chi connectivity index (χ2v) is 8.25. The van der Waals surface area contributed by atoms with Crippen LogP contribution in [0, 0.1) is 5.92 Å². The first-order valence-electron chi connectivity index (χ1n) is 8.38. The summed E-state index contributed by atoms with van der Waals surface area (Å²) in [6, 6.07) is 3.87. The van der Waals surface area contributed by atoms with Crippen LogP contribution in [0.4, 0.5) is 0 Å². The standard InChI is InChI=1S/C17H24N2O6S/c1-11(2)18-26(23,24)15-9-12(6-7-14(15)25-3)16(20)19-8-4-5-13(10-19)17(21)22/h6-7,9,11,13,18H,4-5,8,10H2,1-3H3,(H,21,22). The number of hydrogen-bond donors (Lipinski definition) is 2. The molecule has 1 saturated heterocycles. The minimum atomic E-state index is -3.85. The molecule has 0 radical (unpaired) electrons. The number of benzene rings is 1. The van der Waals surface area contributed by atoms with Crippen LogP contribution in [0.15, 0.2) is 23.1 Å². The third kappa shape index (κ3) is 4.53. The van der Waals surface area contributed by atoms with E-state index in [0.29, 0.717) is 19.4 Å². The summed E-state index contributed by atoms with van der Waals surface area (Å²) < 4.78 is 32.6. The molecule has 0 spiro atoms. The molecular formula is C17H24N2O6S. The molecule has 1 unspecified atom stereocenters. The highest BCUT2D eigenvalue weighted by molar-refractivity contribution is 7.89. The quantitative estimate of drug-likeness (QED) is 0.765. The SMILES string of the molecule is COc1ccc(C(=O)N2CCCC(C(=O)O)C2)cc1S(=O)(=O)NC(C)C. The van der Waals surface area contributed by atoms with Crippen LogP contribution in [0.25, 0.3) is 0 Å². The molecular weight excluding hydrogens is 360 g/mol. The minimum Gasteiger partial charge on any atom is -0.495 e. The lowest BCUT2D eigenvalue weighted by Gasteiger charge is -2.31. The van der Waals surface area contributed by atoms with E-state index in [2.05, 4.69) is 4.72 Å². The maximum Gasteiger partial charge on any atom is 0.308 e. The number of carboxylic acids is 1. The van der Waals surface area contributed by atoms with Gasteiger partial charge in [-0.1, -0.05) is 0 Å². The highest BCUT2D eigenvalue weighted by Crippen LogP contribution is 2.27. The Hall–Kier alpha value is -2.13. The van der Waals surface area contributed by atoms with Crippen molar-refractivity contribution in [2.75, 3.05) is 20.2 Å². The number of sulfonamides is 1. The van der Waals surface area contributed by atoms with E-state index in [1.165, 1.54) is 30.2 Å². The van der Waals surface area contributed by atoms with Crippen LogP contribution >= 0.6 is 0 Å². The van der Waals surface area contributed by atoms with E-state index in [1.807, 2.05) is 0 Å². The van der Waals surface area contributed by atoms with Gasteiger partial charge in [-0.2, -0.15) is 0 Å². The number of ether oxygens (including phenoxy) is 1. The average molecular weight is 384 g/mol. The molecule has 1 atom stereocenters. The lowest BCUT2D eigenvalue weighted by atomic mass is 9.97. The first kappa shape index (κ1) is 20.2. The Labute approximate surface area is 153 Å². The molecule has 9 heteroatoms. The molecule has 1 amide bonds. The Morgan fingerprint density at radius 2 is 2.04 bits per heavy atom. The molecule has 1 aliphatic rings. The Morgan fingerprint density at radius 1 is 1.35 bits per heavy atom. The first-order valence-corrected chi connectivity index (χ1v) is 9.86. The van der Waals surface area contributed by atoms with Crippen LogP contribution in [-0.4, -0.2) is 56.5 Å². The summed E-state index contributed by atoms with van der Waals surface area (Å²) in [6.45, 7) is 3.95. The number of methoxy groups -OCH3 is 1. The number of aliphatic carboxylic acids is 1. The fourth-order valence-corrected chi connectivity index (χ4v) is 4.39. The van der Waals surface area contributed by atoms with Gasteiger partial charge in [0.05, 0.1) is 13.0 Å². The van der Waals surface area contributed by atoms with Crippen LogP contribution in [0.2, 0.25) is 0 Å². The smallest absolute Gasteiger partial charge is 0.308 e. The van der Waals surface area contributed by atoms with Gasteiger partial charge in [0, 0.05) is 24.7 Å². The zero-order valence-corrected chi connectivity index (χ0v) is 15.9. The maximum absolute atomic E-state index is 12.7. The fourth-order valence-electron chi connectivity index (χ4n) is 2.94. The van der Waals surface area contributed by atoms with Gasteiger partial charge >= 0.3 is 5.97 Å². The molecule has 0 bridgehead atoms. The maximum atomic E-state index is 12.7. The van der Waals surface area contributed by atoms with Crippen molar-refractivity contribution in [3.8, 4) is 5.75 Å². The van der Waals surface area contributed by atoms with Crippen LogP contribution in [-0.2, 0) is 14.8 Å². The highest BCUT2D eigenvalue weighted by Gasteiger charge is 2.30. The van der Waals surface area contributed by atoms with E-state index in [4.69, 9.17) is 9.84 Å². The van der Waals surface area contributed by atoms with Gasteiger partial charge in [0.1, 0.15) is 10.6 Å². The zero-order valence-electron chi connectivity index (χ0n) is 15.1. The van der Waals surface area contributed by atoms with Crippen molar-refractivity contribution in [1.82, 2.24) is 9.62 Å². The summed E-state index contributed by atoms with van der Waals surface area (Å²) in [7, 11) is -2.50. The average Bonchev–Trinajstić information content (AvgIpc) is 2.59. The van der Waals surface area contributed by atoms with E-state index >= 15 is 0 Å². The minimum absolute atomic E-state index is 0.118. The lowest BCUT2D eigenvalue weighted by Crippen LogP contribution is -2.42. The topological polar surface area (TPSA) is 113 Å². The van der Waals surface area contributed by atoms with Crippen molar-refractivity contribution in [1.29, 1.82) is 0 Å². The molecule has 26 heavy (non-hydrogen) atoms. The Bertz CT molecular complexity index is 790. The van der Waals surface area contributed by atoms with Crippen molar-refractivity contribution in [3.63, 3.8) is 0 Å². The number of carboxylic acid groups (broad SMARTS) is 1. The second kappa shape index (κ2) is 8.05. The molecule has 0 aromatic heterocycles. The highest BCUT2D eigenvalue weighted by atomic mass is 32.2. The Balaban J connectivity index is 2.34. The molecule has 2 N–H and O–H groups in total. The van der Waals surface area contributed by atoms with Crippen LogP contribution in [0.1, 0.15) is 37.0 Å². The van der Waals surface area contributed by atoms with Crippen LogP contribution < -0.4 is 9.46 Å². The monoisotopic (exact) mass is 384 g/mol. The van der Waals surface area contributed by atoms with E-state index in [1.54, 1.807) is 13.8 Å². The number of hydrogen-bond acceptors (Lipinski definition) is 5. The molecule has 144 valence electrons. The van der Waals surface area contributed by atoms with Gasteiger partial charge < -0.3 is 14.7 Å². The summed E-state index contributed by atoms with van der Waals surface area (Å²) in [5.41, 5.74) is 0.181. The number of rotatable bonds is 6. The van der Waals surface area contributed by atoms with Crippen molar-refractivity contribution in [3.05, 3.63) is 23.8 Å². The number of nitrogens with one attached hydrogen (secondary N) is 1. The molecule has 8 nitrogen and oxygen atoms in total. The van der Waals surface area contributed by atoms with E-state index < -0.39 is 21.9 Å². The molecule has 1 aliphatic heterocycles. The van der Waals surface area contributed by atoms with Crippen molar-refractivity contribution in [2.24, 2.45) is 5.92 Å². The molecule has 1 aromatic rings. The number of carbonyl (C=O) groups excluding carboxylic acids is 1. The van der Waals surface area contributed by atoms with E-state index in [0.717, 1.165) is 0 Å². The first-order chi connectivity index (χ1) is 12.2. The number of likely N-dealkylation sites (tertiary alicyclic amines) is 1. The van der Waals surface area contributed by atoms with Gasteiger partial charge in [0.2, 0.25) is 10.0 Å². The molecule has 1 heterocycles. The third-order valence-electron chi connectivity index (χ3n) is 4.15. The summed E-state index contributed by atoms with van der Waals surface area (Å²) in [5, 5.41) is 9.17. The fraction of sp³-hybridized carbons (Fsp3) is 0.529. The molecule has 0 saturated carbocycles. The number of nitrogens with zero attached hydrogens (tertiary/aromatic N) is 1. The Kier molecular flexibility index (Phi) is 6.25. The number of carbonyl (C=O) groups is 2. The lowest BCUT2D eigenvalue weighted by molar-refractivity contribution is -0.143. The van der Waals surface area contributed by atoms with E-state index in [-0.39, 0.29) is 34.7 Å². The van der Waals surface area contributed by atoms with Gasteiger partial charge in [0.15, 0.2) is 0 Å². The van der Waals surface area contributed by atoms with Crippen molar-refractivity contribution >= 4 is 21.9 Å². The van der Waals surface area contributed by atoms with Crippen LogP contribution in [0.5, 0.6) is 5.75 Å². The largest absolute Gasteiger partial charge is 0.495 e. The van der Waals surface area contributed by atoms with Gasteiger partial charge in [-0.25, -0.2) is 13.1 Å². The third-order valence-corrected chi connectivity index (χ3v) is 5.83.